The van der Waals surface area contributed by atoms with Gasteiger partial charge in [0.05, 0.1) is 19.5 Å². The van der Waals surface area contributed by atoms with Crippen LogP contribution in [0.25, 0.3) is 0 Å². The van der Waals surface area contributed by atoms with Crippen molar-refractivity contribution in [2.75, 3.05) is 52.5 Å². The summed E-state index contributed by atoms with van der Waals surface area (Å²) >= 11 is 0. The van der Waals surface area contributed by atoms with Gasteiger partial charge in [0.1, 0.15) is 5.69 Å². The van der Waals surface area contributed by atoms with Crippen LogP contribution in [0, 0.1) is 5.92 Å². The third-order valence-corrected chi connectivity index (χ3v) is 6.02. The maximum atomic E-state index is 13.0. The summed E-state index contributed by atoms with van der Waals surface area (Å²) in [4.78, 5) is 36.3. The molecule has 1 aliphatic carbocycles. The Kier molecular flexibility index (Phi) is 5.96. The van der Waals surface area contributed by atoms with Gasteiger partial charge in [-0.3, -0.25) is 14.5 Å². The Hall–Kier alpha value is -1.93. The molecule has 8 nitrogen and oxygen atoms in total. The third kappa shape index (κ3) is 4.55. The summed E-state index contributed by atoms with van der Waals surface area (Å²) in [5.41, 5.74) is 0.483. The highest BCUT2D eigenvalue weighted by Gasteiger charge is 2.38. The molecule has 1 atom stereocenters. The second-order valence-corrected chi connectivity index (χ2v) is 8.23. The first kappa shape index (κ1) is 19.4. The normalized spacial score (nSPS) is 23.6. The van der Waals surface area contributed by atoms with E-state index in [1.807, 2.05) is 11.9 Å². The summed E-state index contributed by atoms with van der Waals surface area (Å²) in [7, 11) is 1.87. The summed E-state index contributed by atoms with van der Waals surface area (Å²) in [5, 5.41) is 0. The van der Waals surface area contributed by atoms with Gasteiger partial charge in [0.2, 0.25) is 5.91 Å². The lowest BCUT2D eigenvalue weighted by atomic mass is 10.0. The molecule has 1 unspecified atom stereocenters. The molecule has 3 aliphatic rings. The molecule has 2 saturated heterocycles. The monoisotopic (exact) mass is 389 g/mol. The van der Waals surface area contributed by atoms with Gasteiger partial charge in [0.25, 0.3) is 5.91 Å². The van der Waals surface area contributed by atoms with Gasteiger partial charge in [-0.1, -0.05) is 0 Å². The topological polar surface area (TPSA) is 70.9 Å². The number of carbonyl (C=O) groups excluding carboxylic acids is 2. The van der Waals surface area contributed by atoms with E-state index in [0.29, 0.717) is 12.2 Å². The molecule has 1 aromatic rings. The molecule has 0 aromatic carbocycles. The first-order valence-electron chi connectivity index (χ1n) is 10.5. The van der Waals surface area contributed by atoms with Gasteiger partial charge in [0, 0.05) is 64.5 Å². The number of ether oxygens (including phenoxy) is 1. The average molecular weight is 390 g/mol. The quantitative estimate of drug-likeness (QED) is 0.712. The predicted molar refractivity (Wildman–Crippen MR) is 104 cm³/mol. The number of hydrogen-bond acceptors (Lipinski definition) is 5. The maximum absolute atomic E-state index is 13.0. The van der Waals surface area contributed by atoms with E-state index < -0.39 is 0 Å². The number of carbonyl (C=O) groups is 2. The molecule has 0 bridgehead atoms. The minimum atomic E-state index is -0.0303. The SMILES string of the molecule is Cn1cnc(C(=O)N2CCCC(N(CCN3CCOCC3)C(=O)C3CC3)C2)c1. The van der Waals surface area contributed by atoms with Gasteiger partial charge in [-0.15, -0.1) is 0 Å². The molecule has 4 rings (SSSR count). The lowest BCUT2D eigenvalue weighted by Gasteiger charge is -2.40. The van der Waals surface area contributed by atoms with Crippen molar-refractivity contribution in [3.8, 4) is 0 Å². The molecular formula is C20H31N5O3. The summed E-state index contributed by atoms with van der Waals surface area (Å²) < 4.78 is 7.22. The molecule has 154 valence electrons. The number of nitrogens with zero attached hydrogens (tertiary/aromatic N) is 5. The molecule has 28 heavy (non-hydrogen) atoms. The van der Waals surface area contributed by atoms with Crippen LogP contribution in [-0.4, -0.2) is 94.6 Å². The van der Waals surface area contributed by atoms with Crippen LogP contribution in [0.4, 0.5) is 0 Å². The van der Waals surface area contributed by atoms with Crippen LogP contribution >= 0.6 is 0 Å². The van der Waals surface area contributed by atoms with E-state index >= 15 is 0 Å². The molecule has 0 radical (unpaired) electrons. The van der Waals surface area contributed by atoms with Crippen molar-refractivity contribution in [3.05, 3.63) is 18.2 Å². The Morgan fingerprint density at radius 3 is 2.68 bits per heavy atom. The zero-order valence-electron chi connectivity index (χ0n) is 16.8. The van der Waals surface area contributed by atoms with Crippen LogP contribution in [0.2, 0.25) is 0 Å². The van der Waals surface area contributed by atoms with E-state index in [1.165, 1.54) is 0 Å². The first-order chi connectivity index (χ1) is 13.6. The smallest absolute Gasteiger partial charge is 0.274 e. The molecule has 0 N–H and O–H groups in total. The van der Waals surface area contributed by atoms with Crippen LogP contribution < -0.4 is 0 Å². The van der Waals surface area contributed by atoms with Crippen LogP contribution in [0.1, 0.15) is 36.2 Å². The van der Waals surface area contributed by atoms with Crippen molar-refractivity contribution in [1.82, 2.24) is 24.3 Å². The van der Waals surface area contributed by atoms with E-state index in [4.69, 9.17) is 4.74 Å². The standard InChI is InChI=1S/C20H31N5O3/c1-22-14-18(21-15-22)20(27)24-6-2-3-17(13-24)25(19(26)16-4-5-16)8-7-23-9-11-28-12-10-23/h14-17H,2-13H2,1H3. The van der Waals surface area contributed by atoms with E-state index in [-0.39, 0.29) is 23.8 Å². The fourth-order valence-electron chi connectivity index (χ4n) is 4.19. The van der Waals surface area contributed by atoms with Crippen molar-refractivity contribution in [2.45, 2.75) is 31.7 Å². The summed E-state index contributed by atoms with van der Waals surface area (Å²) in [6, 6.07) is 0.107. The Balaban J connectivity index is 1.41. The number of aryl methyl sites for hydroxylation is 1. The van der Waals surface area contributed by atoms with E-state index in [2.05, 4.69) is 14.8 Å². The minimum Gasteiger partial charge on any atom is -0.379 e. The van der Waals surface area contributed by atoms with Crippen molar-refractivity contribution in [3.63, 3.8) is 0 Å². The molecule has 1 aromatic heterocycles. The fraction of sp³-hybridized carbons (Fsp3) is 0.750. The highest BCUT2D eigenvalue weighted by atomic mass is 16.5. The molecular weight excluding hydrogens is 358 g/mol. The summed E-state index contributed by atoms with van der Waals surface area (Å²) in [6.07, 6.45) is 7.33. The van der Waals surface area contributed by atoms with Gasteiger partial charge in [-0.05, 0) is 25.7 Å². The van der Waals surface area contributed by atoms with Crippen LogP contribution in [-0.2, 0) is 16.6 Å². The number of imidazole rings is 1. The van der Waals surface area contributed by atoms with Crippen molar-refractivity contribution in [2.24, 2.45) is 13.0 Å². The number of piperidine rings is 1. The second-order valence-electron chi connectivity index (χ2n) is 8.23. The molecule has 8 heteroatoms. The Morgan fingerprint density at radius 2 is 2.00 bits per heavy atom. The van der Waals surface area contributed by atoms with Gasteiger partial charge in [-0.25, -0.2) is 4.98 Å². The number of amides is 2. The van der Waals surface area contributed by atoms with E-state index in [1.54, 1.807) is 17.1 Å². The Morgan fingerprint density at radius 1 is 1.21 bits per heavy atom. The number of aromatic nitrogens is 2. The molecule has 3 heterocycles. The van der Waals surface area contributed by atoms with Gasteiger partial charge < -0.3 is 19.1 Å². The lowest BCUT2D eigenvalue weighted by Crippen LogP contribution is -2.54. The van der Waals surface area contributed by atoms with Gasteiger partial charge >= 0.3 is 0 Å². The van der Waals surface area contributed by atoms with Crippen LogP contribution in [0.5, 0.6) is 0 Å². The maximum Gasteiger partial charge on any atom is 0.274 e. The van der Waals surface area contributed by atoms with Crippen molar-refractivity contribution in [1.29, 1.82) is 0 Å². The Labute approximate surface area is 166 Å². The Bertz CT molecular complexity index is 696. The number of likely N-dealkylation sites (tertiary alicyclic amines) is 1. The van der Waals surface area contributed by atoms with Crippen LogP contribution in [0.3, 0.4) is 0 Å². The van der Waals surface area contributed by atoms with Crippen molar-refractivity contribution < 1.29 is 14.3 Å². The summed E-state index contributed by atoms with van der Waals surface area (Å²) in [5.74, 6) is 0.453. The number of morpholine rings is 1. The van der Waals surface area contributed by atoms with Gasteiger partial charge in [-0.2, -0.15) is 0 Å². The first-order valence-corrected chi connectivity index (χ1v) is 10.5. The van der Waals surface area contributed by atoms with Crippen molar-refractivity contribution >= 4 is 11.8 Å². The van der Waals surface area contributed by atoms with Crippen LogP contribution in [0.15, 0.2) is 12.5 Å². The molecule has 2 amide bonds. The fourth-order valence-corrected chi connectivity index (χ4v) is 4.19. The highest BCUT2D eigenvalue weighted by Crippen LogP contribution is 2.32. The largest absolute Gasteiger partial charge is 0.379 e. The van der Waals surface area contributed by atoms with Gasteiger partial charge in [0.15, 0.2) is 0 Å². The summed E-state index contributed by atoms with van der Waals surface area (Å²) in [6.45, 7) is 6.37. The predicted octanol–water partition coefficient (Wildman–Crippen LogP) is 0.596. The zero-order valence-corrected chi connectivity index (χ0v) is 16.8. The average Bonchev–Trinajstić information content (AvgIpc) is 3.49. The van der Waals surface area contributed by atoms with E-state index in [0.717, 1.165) is 71.6 Å². The molecule has 2 aliphatic heterocycles. The minimum absolute atomic E-state index is 0.0303. The number of rotatable bonds is 6. The second kappa shape index (κ2) is 8.61. The third-order valence-electron chi connectivity index (χ3n) is 6.02. The van der Waals surface area contributed by atoms with E-state index in [9.17, 15) is 9.59 Å². The molecule has 3 fully saturated rings. The molecule has 1 saturated carbocycles. The number of hydrogen-bond donors (Lipinski definition) is 0. The zero-order chi connectivity index (χ0) is 19.5. The lowest BCUT2D eigenvalue weighted by molar-refractivity contribution is -0.136. The highest BCUT2D eigenvalue weighted by molar-refractivity contribution is 5.92. The molecule has 0 spiro atoms.